The van der Waals surface area contributed by atoms with E-state index in [0.29, 0.717) is 37.4 Å². The van der Waals surface area contributed by atoms with Crippen LogP contribution in [0.2, 0.25) is 0 Å². The van der Waals surface area contributed by atoms with Crippen LogP contribution in [0.1, 0.15) is 10.5 Å². The molecule has 1 N–H and O–H groups in total. The van der Waals surface area contributed by atoms with Gasteiger partial charge in [-0.25, -0.2) is 17.8 Å². The summed E-state index contributed by atoms with van der Waals surface area (Å²) >= 11 is 0. The number of sulfonamides is 1. The summed E-state index contributed by atoms with van der Waals surface area (Å²) in [5.41, 5.74) is 2.18. The van der Waals surface area contributed by atoms with Gasteiger partial charge in [0, 0.05) is 43.1 Å². The number of halogens is 1. The summed E-state index contributed by atoms with van der Waals surface area (Å²) in [7, 11) is -3.17. The molecule has 0 aliphatic carbocycles. The van der Waals surface area contributed by atoms with Crippen molar-refractivity contribution in [1.29, 1.82) is 0 Å². The number of nitrogens with one attached hydrogen (secondary N) is 1. The van der Waals surface area contributed by atoms with Crippen LogP contribution in [0.4, 0.5) is 15.8 Å². The quantitative estimate of drug-likeness (QED) is 0.650. The average Bonchev–Trinajstić information content (AvgIpc) is 3.24. The van der Waals surface area contributed by atoms with E-state index in [-0.39, 0.29) is 17.3 Å². The van der Waals surface area contributed by atoms with Crippen molar-refractivity contribution < 1.29 is 22.0 Å². The number of hydrogen-bond acceptors (Lipinski definition) is 6. The van der Waals surface area contributed by atoms with E-state index in [9.17, 15) is 17.6 Å². The van der Waals surface area contributed by atoms with Crippen molar-refractivity contribution in [2.45, 2.75) is 0 Å². The fourth-order valence-corrected chi connectivity index (χ4v) is 4.26. The lowest BCUT2D eigenvalue weighted by Gasteiger charge is -2.34. The number of anilines is 2. The lowest BCUT2D eigenvalue weighted by atomic mass is 10.1. The average molecular weight is 444 g/mol. The van der Waals surface area contributed by atoms with E-state index in [1.807, 2.05) is 12.1 Å². The van der Waals surface area contributed by atoms with Crippen molar-refractivity contribution in [2.75, 3.05) is 42.7 Å². The molecule has 0 saturated carbocycles. The fourth-order valence-electron chi connectivity index (χ4n) is 3.44. The van der Waals surface area contributed by atoms with E-state index in [1.54, 1.807) is 12.1 Å². The van der Waals surface area contributed by atoms with Gasteiger partial charge in [-0.05, 0) is 48.5 Å². The highest BCUT2D eigenvalue weighted by Gasteiger charge is 2.23. The Morgan fingerprint density at radius 1 is 1.03 bits per heavy atom. The summed E-state index contributed by atoms with van der Waals surface area (Å²) in [5.74, 6) is -0.562. The Morgan fingerprint density at radius 2 is 1.68 bits per heavy atom. The maximum atomic E-state index is 13.2. The van der Waals surface area contributed by atoms with Gasteiger partial charge in [-0.1, -0.05) is 0 Å². The zero-order valence-corrected chi connectivity index (χ0v) is 17.6. The number of carbonyl (C=O) groups is 1. The van der Waals surface area contributed by atoms with E-state index >= 15 is 0 Å². The van der Waals surface area contributed by atoms with Crippen LogP contribution in [0, 0.1) is 5.82 Å². The molecule has 8 nitrogen and oxygen atoms in total. The highest BCUT2D eigenvalue weighted by molar-refractivity contribution is 7.88. The first-order chi connectivity index (χ1) is 14.8. The smallest absolute Gasteiger partial charge is 0.278 e. The second-order valence-corrected chi connectivity index (χ2v) is 9.17. The van der Waals surface area contributed by atoms with Gasteiger partial charge in [-0.3, -0.25) is 4.79 Å². The van der Waals surface area contributed by atoms with Crippen LogP contribution in [0.3, 0.4) is 0 Å². The number of nitrogens with zero attached hydrogens (tertiary/aromatic N) is 3. The van der Waals surface area contributed by atoms with E-state index in [1.165, 1.54) is 41.2 Å². The number of aromatic nitrogens is 1. The molecule has 1 aliphatic heterocycles. The topological polar surface area (TPSA) is 95.8 Å². The number of carbonyl (C=O) groups excluding carboxylic acids is 1. The molecule has 0 atom stereocenters. The minimum Gasteiger partial charge on any atom is -0.443 e. The number of amides is 1. The SMILES string of the molecule is CS(=O)(=O)N1CCN(c2ccc(NC(=O)c3ncoc3-c3ccc(F)cc3)cc2)CC1. The van der Waals surface area contributed by atoms with Crippen LogP contribution in [0.5, 0.6) is 0 Å². The molecule has 162 valence electrons. The third-order valence-electron chi connectivity index (χ3n) is 5.09. The minimum absolute atomic E-state index is 0.104. The molecular formula is C21H21FN4O4S. The summed E-state index contributed by atoms with van der Waals surface area (Å²) in [5, 5.41) is 2.78. The van der Waals surface area contributed by atoms with Crippen molar-refractivity contribution in [2.24, 2.45) is 0 Å². The van der Waals surface area contributed by atoms with Crippen LogP contribution in [0.15, 0.2) is 59.3 Å². The molecule has 10 heteroatoms. The first-order valence-corrected chi connectivity index (χ1v) is 11.5. The van der Waals surface area contributed by atoms with Gasteiger partial charge in [0.15, 0.2) is 17.8 Å². The molecule has 4 rings (SSSR count). The second kappa shape index (κ2) is 8.48. The summed E-state index contributed by atoms with van der Waals surface area (Å²) in [6, 6.07) is 12.9. The molecule has 1 amide bonds. The Kier molecular flexibility index (Phi) is 5.75. The van der Waals surface area contributed by atoms with Crippen molar-refractivity contribution in [3.8, 4) is 11.3 Å². The highest BCUT2D eigenvalue weighted by atomic mass is 32.2. The Labute approximate surface area is 179 Å². The third-order valence-corrected chi connectivity index (χ3v) is 6.39. The Hall–Kier alpha value is -3.24. The molecule has 2 aromatic carbocycles. The van der Waals surface area contributed by atoms with Crippen LogP contribution in [-0.2, 0) is 10.0 Å². The maximum Gasteiger partial charge on any atom is 0.278 e. The predicted molar refractivity (Wildman–Crippen MR) is 115 cm³/mol. The summed E-state index contributed by atoms with van der Waals surface area (Å²) in [6.07, 6.45) is 2.39. The number of benzene rings is 2. The molecule has 0 spiro atoms. The van der Waals surface area contributed by atoms with E-state index in [4.69, 9.17) is 4.42 Å². The van der Waals surface area contributed by atoms with Gasteiger partial charge >= 0.3 is 0 Å². The zero-order valence-electron chi connectivity index (χ0n) is 16.8. The van der Waals surface area contributed by atoms with Gasteiger partial charge in [-0.15, -0.1) is 0 Å². The summed E-state index contributed by atoms with van der Waals surface area (Å²) in [4.78, 5) is 18.8. The molecule has 0 unspecified atom stereocenters. The van der Waals surface area contributed by atoms with Crippen LogP contribution < -0.4 is 10.2 Å². The summed E-state index contributed by atoms with van der Waals surface area (Å²) in [6.45, 7) is 2.07. The first-order valence-electron chi connectivity index (χ1n) is 9.62. The monoisotopic (exact) mass is 444 g/mol. The predicted octanol–water partition coefficient (Wildman–Crippen LogP) is 2.81. The van der Waals surface area contributed by atoms with Gasteiger partial charge in [0.1, 0.15) is 5.82 Å². The normalized spacial score (nSPS) is 15.1. The van der Waals surface area contributed by atoms with Gasteiger partial charge in [0.05, 0.1) is 6.26 Å². The lowest BCUT2D eigenvalue weighted by Crippen LogP contribution is -2.48. The third kappa shape index (κ3) is 4.75. The number of piperazine rings is 1. The molecule has 1 aromatic heterocycles. The van der Waals surface area contributed by atoms with Crippen LogP contribution in [0.25, 0.3) is 11.3 Å². The lowest BCUT2D eigenvalue weighted by molar-refractivity contribution is 0.102. The van der Waals surface area contributed by atoms with Gasteiger partial charge in [0.25, 0.3) is 5.91 Å². The number of rotatable bonds is 5. The molecule has 2 heterocycles. The zero-order chi connectivity index (χ0) is 22.0. The molecule has 1 fully saturated rings. The molecule has 1 aliphatic rings. The van der Waals surface area contributed by atoms with Gasteiger partial charge < -0.3 is 14.6 Å². The maximum absolute atomic E-state index is 13.2. The number of hydrogen-bond donors (Lipinski definition) is 1. The highest BCUT2D eigenvalue weighted by Crippen LogP contribution is 2.25. The molecule has 3 aromatic rings. The molecule has 0 bridgehead atoms. The van der Waals surface area contributed by atoms with E-state index in [0.717, 1.165) is 5.69 Å². The standard InChI is InChI=1S/C21H21FN4O4S/c1-31(28,29)26-12-10-25(11-13-26)18-8-6-17(7-9-18)24-21(27)19-20(30-14-23-19)15-2-4-16(22)5-3-15/h2-9,14H,10-13H2,1H3,(H,24,27). The Bertz CT molecular complexity index is 1170. The largest absolute Gasteiger partial charge is 0.443 e. The fraction of sp³-hybridized carbons (Fsp3) is 0.238. The molecular weight excluding hydrogens is 423 g/mol. The molecule has 0 radical (unpaired) electrons. The van der Waals surface area contributed by atoms with Crippen molar-refractivity contribution in [3.63, 3.8) is 0 Å². The second-order valence-electron chi connectivity index (χ2n) is 7.19. The van der Waals surface area contributed by atoms with Gasteiger partial charge in [-0.2, -0.15) is 4.31 Å². The Balaban J connectivity index is 1.42. The molecule has 31 heavy (non-hydrogen) atoms. The van der Waals surface area contributed by atoms with E-state index < -0.39 is 15.9 Å². The van der Waals surface area contributed by atoms with Crippen molar-refractivity contribution in [1.82, 2.24) is 9.29 Å². The number of oxazole rings is 1. The molecule has 1 saturated heterocycles. The van der Waals surface area contributed by atoms with Gasteiger partial charge in [0.2, 0.25) is 10.0 Å². The Morgan fingerprint density at radius 3 is 2.29 bits per heavy atom. The summed E-state index contributed by atoms with van der Waals surface area (Å²) < 4.78 is 43.2. The van der Waals surface area contributed by atoms with Crippen molar-refractivity contribution in [3.05, 3.63) is 66.4 Å². The minimum atomic E-state index is -3.17. The van der Waals surface area contributed by atoms with Crippen molar-refractivity contribution >= 4 is 27.3 Å². The first kappa shape index (κ1) is 21.0. The van der Waals surface area contributed by atoms with Crippen LogP contribution >= 0.6 is 0 Å². The van der Waals surface area contributed by atoms with E-state index in [2.05, 4.69) is 15.2 Å². The van der Waals surface area contributed by atoms with Crippen LogP contribution in [-0.4, -0.2) is 56.0 Å².